The summed E-state index contributed by atoms with van der Waals surface area (Å²) in [6.07, 6.45) is 3.89. The van der Waals surface area contributed by atoms with Gasteiger partial charge in [-0.3, -0.25) is 9.48 Å². The van der Waals surface area contributed by atoms with E-state index in [1.807, 2.05) is 70.3 Å². The number of carbonyl (C=O) groups excluding carboxylic acids is 1. The van der Waals surface area contributed by atoms with Crippen molar-refractivity contribution in [1.29, 1.82) is 0 Å². The van der Waals surface area contributed by atoms with Crippen LogP contribution in [0.3, 0.4) is 0 Å². The van der Waals surface area contributed by atoms with Gasteiger partial charge >= 0.3 is 0 Å². The fraction of sp³-hybridized carbons (Fsp3) is 0.182. The highest BCUT2D eigenvalue weighted by molar-refractivity contribution is 7.12. The van der Waals surface area contributed by atoms with Gasteiger partial charge in [-0.2, -0.15) is 5.10 Å². The van der Waals surface area contributed by atoms with Crippen LogP contribution in [0.1, 0.15) is 32.2 Å². The van der Waals surface area contributed by atoms with Crippen LogP contribution in [0.4, 0.5) is 0 Å². The van der Waals surface area contributed by atoms with Crippen molar-refractivity contribution in [1.82, 2.24) is 19.7 Å². The zero-order chi connectivity index (χ0) is 19.5. The van der Waals surface area contributed by atoms with Crippen LogP contribution in [0.5, 0.6) is 0 Å². The van der Waals surface area contributed by atoms with E-state index in [0.29, 0.717) is 11.4 Å². The van der Waals surface area contributed by atoms with Gasteiger partial charge in [0.15, 0.2) is 0 Å². The molecule has 142 valence electrons. The molecule has 1 N–H and O–H groups in total. The Morgan fingerprint density at radius 3 is 2.57 bits per heavy atom. The number of thiophene rings is 1. The zero-order valence-corrected chi connectivity index (χ0v) is 16.7. The first-order chi connectivity index (χ1) is 13.6. The maximum absolute atomic E-state index is 12.8. The molecule has 5 nitrogen and oxygen atoms in total. The van der Waals surface area contributed by atoms with Gasteiger partial charge in [0.05, 0.1) is 17.9 Å². The highest BCUT2D eigenvalue weighted by Gasteiger charge is 2.17. The number of amides is 1. The van der Waals surface area contributed by atoms with Crippen molar-refractivity contribution in [2.24, 2.45) is 0 Å². The molecule has 4 aromatic rings. The van der Waals surface area contributed by atoms with E-state index < -0.39 is 0 Å². The monoisotopic (exact) mass is 390 g/mol. The summed E-state index contributed by atoms with van der Waals surface area (Å²) in [5.74, 6) is -0.0618. The van der Waals surface area contributed by atoms with Gasteiger partial charge in [0.25, 0.3) is 5.91 Å². The number of aromatic nitrogens is 3. The van der Waals surface area contributed by atoms with Crippen LogP contribution in [0, 0.1) is 13.8 Å². The number of carbonyl (C=O) groups is 1. The van der Waals surface area contributed by atoms with E-state index in [0.717, 1.165) is 29.2 Å². The second-order valence-electron chi connectivity index (χ2n) is 6.70. The number of hydrogen-bond donors (Lipinski definition) is 1. The van der Waals surface area contributed by atoms with Crippen molar-refractivity contribution in [2.75, 3.05) is 0 Å². The van der Waals surface area contributed by atoms with Crippen LogP contribution < -0.4 is 5.32 Å². The molecule has 0 bridgehead atoms. The fourth-order valence-corrected chi connectivity index (χ4v) is 4.13. The molecule has 0 aliphatic rings. The van der Waals surface area contributed by atoms with Crippen LogP contribution in [-0.2, 0) is 13.1 Å². The van der Waals surface area contributed by atoms with Crippen molar-refractivity contribution in [3.05, 3.63) is 93.7 Å². The van der Waals surface area contributed by atoms with Gasteiger partial charge in [-0.05, 0) is 43.0 Å². The molecule has 0 unspecified atom stereocenters. The molecule has 6 heteroatoms. The van der Waals surface area contributed by atoms with Crippen molar-refractivity contribution >= 4 is 17.2 Å². The molecule has 4 rings (SSSR count). The molecule has 0 aliphatic carbocycles. The van der Waals surface area contributed by atoms with Crippen LogP contribution >= 0.6 is 11.3 Å². The van der Waals surface area contributed by atoms with Crippen molar-refractivity contribution in [2.45, 2.75) is 26.9 Å². The second-order valence-corrected chi connectivity index (χ2v) is 7.62. The Morgan fingerprint density at radius 2 is 1.82 bits per heavy atom. The smallest absolute Gasteiger partial charge is 0.263 e. The van der Waals surface area contributed by atoms with Gasteiger partial charge in [0.2, 0.25) is 0 Å². The lowest BCUT2D eigenvalue weighted by Crippen LogP contribution is -2.23. The topological polar surface area (TPSA) is 51.9 Å². The first-order valence-corrected chi connectivity index (χ1v) is 10.1. The average molecular weight is 391 g/mol. The first kappa shape index (κ1) is 18.3. The number of rotatable bonds is 6. The van der Waals surface area contributed by atoms with Gasteiger partial charge in [-0.15, -0.1) is 11.3 Å². The van der Waals surface area contributed by atoms with Crippen LogP contribution in [-0.4, -0.2) is 20.3 Å². The summed E-state index contributed by atoms with van der Waals surface area (Å²) in [4.78, 5) is 13.5. The van der Waals surface area contributed by atoms with Crippen LogP contribution in [0.2, 0.25) is 0 Å². The molecule has 0 saturated heterocycles. The summed E-state index contributed by atoms with van der Waals surface area (Å²) in [6, 6.07) is 16.1. The van der Waals surface area contributed by atoms with E-state index >= 15 is 0 Å². The Bertz CT molecular complexity index is 1080. The lowest BCUT2D eigenvalue weighted by atomic mass is 10.2. The van der Waals surface area contributed by atoms with E-state index in [9.17, 15) is 4.79 Å². The molecule has 0 fully saturated rings. The molecule has 1 amide bonds. The minimum absolute atomic E-state index is 0.0618. The molecule has 1 aromatic carbocycles. The summed E-state index contributed by atoms with van der Waals surface area (Å²) in [5, 5.41) is 9.68. The molecule has 3 heterocycles. The Labute approximate surface area is 168 Å². The average Bonchev–Trinajstić information content (AvgIpc) is 3.43. The summed E-state index contributed by atoms with van der Waals surface area (Å²) >= 11 is 1.45. The molecule has 0 saturated carbocycles. The van der Waals surface area contributed by atoms with E-state index in [4.69, 9.17) is 0 Å². The summed E-state index contributed by atoms with van der Waals surface area (Å²) in [5.41, 5.74) is 5.21. The minimum Gasteiger partial charge on any atom is -0.347 e. The maximum atomic E-state index is 12.8. The van der Waals surface area contributed by atoms with E-state index in [-0.39, 0.29) is 5.91 Å². The van der Waals surface area contributed by atoms with E-state index in [1.54, 1.807) is 0 Å². The standard InChI is InChI=1S/C22H22N4OS/c1-16-19(17(2)26(24-16)15-18-8-4-3-5-9-18)14-23-22(27)21-20(10-13-28-21)25-11-6-7-12-25/h3-13H,14-15H2,1-2H3,(H,23,27). The third-order valence-electron chi connectivity index (χ3n) is 4.87. The molecular formula is C22H22N4OS. The second kappa shape index (κ2) is 7.86. The van der Waals surface area contributed by atoms with Crippen LogP contribution in [0.15, 0.2) is 66.3 Å². The third kappa shape index (κ3) is 3.64. The number of benzene rings is 1. The van der Waals surface area contributed by atoms with Gasteiger partial charge in [0, 0.05) is 30.2 Å². The highest BCUT2D eigenvalue weighted by Crippen LogP contribution is 2.22. The summed E-state index contributed by atoms with van der Waals surface area (Å²) < 4.78 is 3.96. The van der Waals surface area contributed by atoms with E-state index in [2.05, 4.69) is 29.5 Å². The van der Waals surface area contributed by atoms with Gasteiger partial charge in [-0.1, -0.05) is 30.3 Å². The van der Waals surface area contributed by atoms with Gasteiger partial charge in [-0.25, -0.2) is 0 Å². The third-order valence-corrected chi connectivity index (χ3v) is 5.77. The Kier molecular flexibility index (Phi) is 5.12. The molecular weight excluding hydrogens is 368 g/mol. The maximum Gasteiger partial charge on any atom is 0.263 e. The normalized spacial score (nSPS) is 10.9. The summed E-state index contributed by atoms with van der Waals surface area (Å²) in [7, 11) is 0. The van der Waals surface area contributed by atoms with Gasteiger partial charge in [0.1, 0.15) is 4.88 Å². The molecule has 3 aromatic heterocycles. The molecule has 0 aliphatic heterocycles. The Balaban J connectivity index is 1.48. The van der Waals surface area contributed by atoms with Crippen molar-refractivity contribution in [3.8, 4) is 5.69 Å². The predicted molar refractivity (Wildman–Crippen MR) is 112 cm³/mol. The van der Waals surface area contributed by atoms with Gasteiger partial charge < -0.3 is 9.88 Å². The summed E-state index contributed by atoms with van der Waals surface area (Å²) in [6.45, 7) is 5.24. The SMILES string of the molecule is Cc1nn(Cc2ccccc2)c(C)c1CNC(=O)c1sccc1-n1cccc1. The highest BCUT2D eigenvalue weighted by atomic mass is 32.1. The predicted octanol–water partition coefficient (Wildman–Crippen LogP) is 4.33. The molecule has 0 radical (unpaired) electrons. The number of nitrogens with one attached hydrogen (secondary N) is 1. The van der Waals surface area contributed by atoms with Crippen molar-refractivity contribution < 1.29 is 4.79 Å². The lowest BCUT2D eigenvalue weighted by Gasteiger charge is -2.08. The Morgan fingerprint density at radius 1 is 1.07 bits per heavy atom. The van der Waals surface area contributed by atoms with E-state index in [1.165, 1.54) is 16.9 Å². The number of nitrogens with zero attached hydrogens (tertiary/aromatic N) is 3. The molecule has 0 spiro atoms. The zero-order valence-electron chi connectivity index (χ0n) is 15.9. The van der Waals surface area contributed by atoms with Crippen LogP contribution in [0.25, 0.3) is 5.69 Å². The molecule has 28 heavy (non-hydrogen) atoms. The van der Waals surface area contributed by atoms with Crippen molar-refractivity contribution in [3.63, 3.8) is 0 Å². The Hall–Kier alpha value is -3.12. The quantitative estimate of drug-likeness (QED) is 0.533. The first-order valence-electron chi connectivity index (χ1n) is 9.19. The number of aryl methyl sites for hydroxylation is 1. The number of hydrogen-bond acceptors (Lipinski definition) is 3. The minimum atomic E-state index is -0.0618. The lowest BCUT2D eigenvalue weighted by molar-refractivity contribution is 0.0955. The largest absolute Gasteiger partial charge is 0.347 e. The fourth-order valence-electron chi connectivity index (χ4n) is 3.32. The molecule has 0 atom stereocenters.